The Hall–Kier alpha value is -7.66. The number of fused-ring (bicyclic) bond motifs is 6. The molecular weight excluding hydrogens is 657 g/mol. The summed E-state index contributed by atoms with van der Waals surface area (Å²) in [6, 6.07) is 68.0. The summed E-state index contributed by atoms with van der Waals surface area (Å²) in [5, 5.41) is 24.4. The van der Waals surface area contributed by atoms with Gasteiger partial charge in [-0.15, -0.1) is 0 Å². The second-order valence-electron chi connectivity index (χ2n) is 13.5. The van der Waals surface area contributed by atoms with Crippen molar-refractivity contribution < 1.29 is 0 Å². The van der Waals surface area contributed by atoms with Gasteiger partial charge in [-0.2, -0.15) is 10.5 Å². The van der Waals surface area contributed by atoms with Gasteiger partial charge in [0.2, 0.25) is 0 Å². The molecule has 2 heterocycles. The van der Waals surface area contributed by atoms with Gasteiger partial charge in [0.1, 0.15) is 0 Å². The average Bonchev–Trinajstić information content (AvgIpc) is 3.76. The Morgan fingerprint density at radius 1 is 0.352 bits per heavy atom. The molecule has 10 rings (SSSR count). The van der Waals surface area contributed by atoms with E-state index in [0.717, 1.165) is 66.8 Å². The summed E-state index contributed by atoms with van der Waals surface area (Å²) >= 11 is 0. The average molecular weight is 687 g/mol. The second-order valence-corrected chi connectivity index (χ2v) is 13.5. The molecule has 0 aliphatic rings. The summed E-state index contributed by atoms with van der Waals surface area (Å²) in [6.07, 6.45) is 0. The van der Waals surface area contributed by atoms with Crippen LogP contribution in [0.4, 0.5) is 0 Å². The van der Waals surface area contributed by atoms with E-state index in [1.807, 2.05) is 0 Å². The van der Waals surface area contributed by atoms with Crippen LogP contribution in [0, 0.1) is 22.7 Å². The number of rotatable bonds is 5. The van der Waals surface area contributed by atoms with Crippen LogP contribution in [0.15, 0.2) is 182 Å². The predicted molar refractivity (Wildman–Crippen MR) is 221 cm³/mol. The Kier molecular flexibility index (Phi) is 7.22. The fraction of sp³-hybridized carbons (Fsp3) is 0. The Balaban J connectivity index is 1.28. The molecule has 250 valence electrons. The van der Waals surface area contributed by atoms with Gasteiger partial charge in [-0.05, 0) is 71.3 Å². The van der Waals surface area contributed by atoms with E-state index in [0.29, 0.717) is 11.1 Å². The SMILES string of the molecule is N#Cc1ccc(C#N)c(-c2ccc(-c3c(-c4ccccc4-n4c5ccccc5c5ccccc54)cccc3-n3c4ccccc4c4ccccc43)cc2)c1. The van der Waals surface area contributed by atoms with E-state index in [-0.39, 0.29) is 0 Å². The van der Waals surface area contributed by atoms with Crippen molar-refractivity contribution in [2.45, 2.75) is 0 Å². The van der Waals surface area contributed by atoms with E-state index < -0.39 is 0 Å². The standard InChI is InChI=1S/C50H30N4/c51-31-33-24-25-36(32-52)43(30-33)34-26-28-35(29-27-34)50-42(17-11-23-49(50)54-46-20-8-3-14-39(46)40-15-4-9-21-47(40)54)41-16-5-10-22-48(41)53-44-18-6-1-12-37(44)38-13-2-7-19-45(38)53/h1-30H. The molecular formula is C50H30N4. The number of hydrogen-bond donors (Lipinski definition) is 0. The van der Waals surface area contributed by atoms with E-state index in [1.165, 1.54) is 21.5 Å². The molecule has 0 fully saturated rings. The van der Waals surface area contributed by atoms with Gasteiger partial charge in [-0.25, -0.2) is 0 Å². The Morgan fingerprint density at radius 3 is 1.37 bits per heavy atom. The van der Waals surface area contributed by atoms with Crippen molar-refractivity contribution >= 4 is 43.6 Å². The van der Waals surface area contributed by atoms with Crippen LogP contribution < -0.4 is 0 Å². The molecule has 0 aliphatic carbocycles. The molecule has 0 spiro atoms. The molecule has 10 aromatic rings. The van der Waals surface area contributed by atoms with Crippen LogP contribution in [0.5, 0.6) is 0 Å². The highest BCUT2D eigenvalue weighted by Crippen LogP contribution is 2.44. The number of benzene rings is 8. The predicted octanol–water partition coefficient (Wildman–Crippen LogP) is 12.6. The normalized spacial score (nSPS) is 11.3. The molecule has 0 N–H and O–H groups in total. The first kappa shape index (κ1) is 31.1. The number of nitriles is 2. The summed E-state index contributed by atoms with van der Waals surface area (Å²) in [5.74, 6) is 0. The first-order chi connectivity index (χ1) is 26.7. The van der Waals surface area contributed by atoms with Crippen molar-refractivity contribution in [3.05, 3.63) is 193 Å². The van der Waals surface area contributed by atoms with Gasteiger partial charge in [-0.3, -0.25) is 0 Å². The molecule has 0 bridgehead atoms. The van der Waals surface area contributed by atoms with Crippen molar-refractivity contribution in [2.24, 2.45) is 0 Å². The van der Waals surface area contributed by atoms with Crippen molar-refractivity contribution in [3.63, 3.8) is 0 Å². The molecule has 54 heavy (non-hydrogen) atoms. The van der Waals surface area contributed by atoms with Gasteiger partial charge >= 0.3 is 0 Å². The van der Waals surface area contributed by atoms with Crippen molar-refractivity contribution in [1.29, 1.82) is 10.5 Å². The molecule has 0 radical (unpaired) electrons. The monoisotopic (exact) mass is 686 g/mol. The zero-order chi connectivity index (χ0) is 36.2. The molecule has 0 aliphatic heterocycles. The lowest BCUT2D eigenvalue weighted by Gasteiger charge is -2.21. The number of hydrogen-bond acceptors (Lipinski definition) is 2. The van der Waals surface area contributed by atoms with E-state index >= 15 is 0 Å². The Morgan fingerprint density at radius 2 is 0.815 bits per heavy atom. The maximum atomic E-state index is 9.95. The van der Waals surface area contributed by atoms with Gasteiger partial charge in [0, 0.05) is 38.2 Å². The largest absolute Gasteiger partial charge is 0.309 e. The first-order valence-electron chi connectivity index (χ1n) is 18.0. The Bertz CT molecular complexity index is 3080. The van der Waals surface area contributed by atoms with Crippen molar-refractivity contribution in [1.82, 2.24) is 9.13 Å². The number of para-hydroxylation sites is 5. The lowest BCUT2D eigenvalue weighted by atomic mass is 9.90. The summed E-state index contributed by atoms with van der Waals surface area (Å²) < 4.78 is 4.79. The van der Waals surface area contributed by atoms with Gasteiger partial charge in [0.15, 0.2) is 0 Å². The first-order valence-corrected chi connectivity index (χ1v) is 18.0. The smallest absolute Gasteiger partial charge is 0.0998 e. The zero-order valence-corrected chi connectivity index (χ0v) is 29.1. The lowest BCUT2D eigenvalue weighted by Crippen LogP contribution is -2.02. The fourth-order valence-electron chi connectivity index (χ4n) is 8.28. The molecule has 0 amide bonds. The van der Waals surface area contributed by atoms with E-state index in [2.05, 4.69) is 185 Å². The van der Waals surface area contributed by atoms with E-state index in [4.69, 9.17) is 0 Å². The summed E-state index contributed by atoms with van der Waals surface area (Å²) in [5.41, 5.74) is 13.8. The molecule has 4 nitrogen and oxygen atoms in total. The third kappa shape index (κ3) is 4.76. The highest BCUT2D eigenvalue weighted by Gasteiger charge is 2.22. The van der Waals surface area contributed by atoms with Gasteiger partial charge in [0.05, 0.1) is 56.7 Å². The van der Waals surface area contributed by atoms with Crippen LogP contribution in [0.25, 0.3) is 88.4 Å². The lowest BCUT2D eigenvalue weighted by molar-refractivity contribution is 1.17. The second kappa shape index (κ2) is 12.5. The van der Waals surface area contributed by atoms with Crippen LogP contribution in [-0.2, 0) is 0 Å². The fourth-order valence-corrected chi connectivity index (χ4v) is 8.28. The zero-order valence-electron chi connectivity index (χ0n) is 29.1. The minimum atomic E-state index is 0.522. The van der Waals surface area contributed by atoms with Crippen molar-refractivity contribution in [2.75, 3.05) is 0 Å². The van der Waals surface area contributed by atoms with Crippen LogP contribution in [0.3, 0.4) is 0 Å². The molecule has 0 atom stereocenters. The van der Waals surface area contributed by atoms with Crippen molar-refractivity contribution in [3.8, 4) is 56.9 Å². The molecule has 0 saturated heterocycles. The molecule has 4 heteroatoms. The summed E-state index contributed by atoms with van der Waals surface area (Å²) in [7, 11) is 0. The quantitative estimate of drug-likeness (QED) is 0.181. The topological polar surface area (TPSA) is 57.4 Å². The third-order valence-corrected chi connectivity index (χ3v) is 10.6. The van der Waals surface area contributed by atoms with Crippen LogP contribution in [-0.4, -0.2) is 9.13 Å². The maximum absolute atomic E-state index is 9.95. The maximum Gasteiger partial charge on any atom is 0.0998 e. The third-order valence-electron chi connectivity index (χ3n) is 10.6. The highest BCUT2D eigenvalue weighted by molar-refractivity contribution is 6.11. The van der Waals surface area contributed by atoms with Gasteiger partial charge < -0.3 is 9.13 Å². The molecule has 2 aromatic heterocycles. The minimum absolute atomic E-state index is 0.522. The van der Waals surface area contributed by atoms with Gasteiger partial charge in [0.25, 0.3) is 0 Å². The summed E-state index contributed by atoms with van der Waals surface area (Å²) in [6.45, 7) is 0. The van der Waals surface area contributed by atoms with E-state index in [1.54, 1.807) is 18.2 Å². The number of nitrogens with zero attached hydrogens (tertiary/aromatic N) is 4. The molecule has 0 unspecified atom stereocenters. The minimum Gasteiger partial charge on any atom is -0.309 e. The van der Waals surface area contributed by atoms with Crippen LogP contribution >= 0.6 is 0 Å². The number of aromatic nitrogens is 2. The molecule has 8 aromatic carbocycles. The summed E-state index contributed by atoms with van der Waals surface area (Å²) in [4.78, 5) is 0. The Labute approximate surface area is 312 Å². The molecule has 0 saturated carbocycles. The van der Waals surface area contributed by atoms with E-state index in [9.17, 15) is 10.5 Å². The van der Waals surface area contributed by atoms with Crippen LogP contribution in [0.1, 0.15) is 11.1 Å². The van der Waals surface area contributed by atoms with Gasteiger partial charge in [-0.1, -0.05) is 127 Å². The highest BCUT2D eigenvalue weighted by atomic mass is 15.0. The van der Waals surface area contributed by atoms with Crippen LogP contribution in [0.2, 0.25) is 0 Å².